The normalized spacial score (nSPS) is 21.1. The molecule has 1 saturated heterocycles. The molecule has 0 radical (unpaired) electrons. The van der Waals surface area contributed by atoms with Gasteiger partial charge in [0.2, 0.25) is 0 Å². The summed E-state index contributed by atoms with van der Waals surface area (Å²) in [5.41, 5.74) is 0.266. The zero-order valence-corrected chi connectivity index (χ0v) is 10.7. The van der Waals surface area contributed by atoms with E-state index in [2.05, 4.69) is 14.9 Å². The first-order valence-corrected chi connectivity index (χ1v) is 7.32. The van der Waals surface area contributed by atoms with E-state index in [0.717, 1.165) is 19.4 Å². The van der Waals surface area contributed by atoms with Crippen molar-refractivity contribution in [3.63, 3.8) is 0 Å². The second-order valence-corrected chi connectivity index (χ2v) is 6.02. The number of nitrogens with one attached hydrogen (secondary N) is 2. The predicted molar refractivity (Wildman–Crippen MR) is 63.2 cm³/mol. The zero-order chi connectivity index (χ0) is 13.0. The Balaban J connectivity index is 1.99. The summed E-state index contributed by atoms with van der Waals surface area (Å²) >= 11 is 0. The molecule has 1 unspecified atom stereocenters. The number of ether oxygens (including phenoxy) is 1. The standard InChI is InChI=1S/C10H17N3O4S/c14-6-9-5-11-13-10(9)18(15,16)12-4-8-2-1-3-17-7-8/h5,8,12,14H,1-4,6-7H2,(H,11,13). The van der Waals surface area contributed by atoms with E-state index in [-0.39, 0.29) is 23.1 Å². The van der Waals surface area contributed by atoms with Crippen LogP contribution in [0, 0.1) is 5.92 Å². The molecule has 3 N–H and O–H groups in total. The minimum absolute atomic E-state index is 0.0678. The van der Waals surface area contributed by atoms with Crippen LogP contribution < -0.4 is 4.72 Å². The number of hydrogen-bond donors (Lipinski definition) is 3. The molecular weight excluding hydrogens is 258 g/mol. The molecule has 1 atom stereocenters. The highest BCUT2D eigenvalue weighted by molar-refractivity contribution is 7.89. The molecule has 1 aliphatic heterocycles. The van der Waals surface area contributed by atoms with Gasteiger partial charge in [-0.2, -0.15) is 5.10 Å². The summed E-state index contributed by atoms with van der Waals surface area (Å²) in [6.07, 6.45) is 3.22. The molecule has 1 aromatic rings. The molecule has 0 aliphatic carbocycles. The van der Waals surface area contributed by atoms with Crippen LogP contribution in [0.4, 0.5) is 0 Å². The molecular formula is C10H17N3O4S. The van der Waals surface area contributed by atoms with Gasteiger partial charge in [-0.25, -0.2) is 13.1 Å². The van der Waals surface area contributed by atoms with Crippen LogP contribution in [0.1, 0.15) is 18.4 Å². The number of hydrogen-bond acceptors (Lipinski definition) is 5. The van der Waals surface area contributed by atoms with Crippen molar-refractivity contribution >= 4 is 10.0 Å². The van der Waals surface area contributed by atoms with Crippen molar-refractivity contribution in [1.82, 2.24) is 14.9 Å². The highest BCUT2D eigenvalue weighted by atomic mass is 32.2. The second kappa shape index (κ2) is 5.79. The van der Waals surface area contributed by atoms with Crippen LogP contribution in [-0.2, 0) is 21.4 Å². The van der Waals surface area contributed by atoms with E-state index in [4.69, 9.17) is 9.84 Å². The molecule has 1 aromatic heterocycles. The van der Waals surface area contributed by atoms with Crippen molar-refractivity contribution < 1.29 is 18.3 Å². The Labute approximate surface area is 106 Å². The van der Waals surface area contributed by atoms with Gasteiger partial charge in [0.15, 0.2) is 5.03 Å². The van der Waals surface area contributed by atoms with Crippen LogP contribution in [0.2, 0.25) is 0 Å². The third kappa shape index (κ3) is 3.08. The summed E-state index contributed by atoms with van der Waals surface area (Å²) in [6, 6.07) is 0. The summed E-state index contributed by atoms with van der Waals surface area (Å²) < 4.78 is 31.8. The molecule has 2 rings (SSSR count). The van der Waals surface area contributed by atoms with Gasteiger partial charge in [0.1, 0.15) is 0 Å². The van der Waals surface area contributed by atoms with Crippen molar-refractivity contribution in [2.45, 2.75) is 24.5 Å². The topological polar surface area (TPSA) is 104 Å². The van der Waals surface area contributed by atoms with Crippen molar-refractivity contribution in [3.05, 3.63) is 11.8 Å². The molecule has 7 nitrogen and oxygen atoms in total. The molecule has 0 saturated carbocycles. The van der Waals surface area contributed by atoms with E-state index in [1.807, 2.05) is 0 Å². The van der Waals surface area contributed by atoms with E-state index in [1.165, 1.54) is 6.20 Å². The van der Waals surface area contributed by atoms with Gasteiger partial charge < -0.3 is 9.84 Å². The molecule has 0 aromatic carbocycles. The SMILES string of the molecule is O=S(=O)(NCC1CCCOC1)c1[nH]ncc1CO. The number of nitrogens with zero attached hydrogens (tertiary/aromatic N) is 1. The Hall–Kier alpha value is -0.960. The molecule has 8 heteroatoms. The van der Waals surface area contributed by atoms with Crippen LogP contribution in [0.15, 0.2) is 11.2 Å². The van der Waals surface area contributed by atoms with Crippen LogP contribution in [0.5, 0.6) is 0 Å². The molecule has 18 heavy (non-hydrogen) atoms. The fraction of sp³-hybridized carbons (Fsp3) is 0.700. The van der Waals surface area contributed by atoms with Gasteiger partial charge in [0.05, 0.1) is 19.4 Å². The average molecular weight is 275 g/mol. The first kappa shape index (κ1) is 13.5. The lowest BCUT2D eigenvalue weighted by Gasteiger charge is -2.22. The zero-order valence-electron chi connectivity index (χ0n) is 9.92. The van der Waals surface area contributed by atoms with Crippen LogP contribution in [0.25, 0.3) is 0 Å². The monoisotopic (exact) mass is 275 g/mol. The highest BCUT2D eigenvalue weighted by Gasteiger charge is 2.22. The second-order valence-electron chi connectivity index (χ2n) is 4.32. The molecule has 0 spiro atoms. The maximum absolute atomic E-state index is 12.0. The Morgan fingerprint density at radius 3 is 3.11 bits per heavy atom. The van der Waals surface area contributed by atoms with Crippen LogP contribution >= 0.6 is 0 Å². The van der Waals surface area contributed by atoms with E-state index in [0.29, 0.717) is 13.2 Å². The molecule has 2 heterocycles. The number of aromatic amines is 1. The van der Waals surface area contributed by atoms with E-state index >= 15 is 0 Å². The largest absolute Gasteiger partial charge is 0.392 e. The van der Waals surface area contributed by atoms with Crippen molar-refractivity contribution in [2.75, 3.05) is 19.8 Å². The third-order valence-corrected chi connectivity index (χ3v) is 4.37. The lowest BCUT2D eigenvalue weighted by atomic mass is 10.0. The molecule has 0 amide bonds. The number of aromatic nitrogens is 2. The molecule has 0 bridgehead atoms. The summed E-state index contributed by atoms with van der Waals surface area (Å²) in [7, 11) is -3.64. The van der Waals surface area contributed by atoms with E-state index in [9.17, 15) is 8.42 Å². The lowest BCUT2D eigenvalue weighted by molar-refractivity contribution is 0.0568. The summed E-state index contributed by atoms with van der Waals surface area (Å²) in [5, 5.41) is 15.0. The Kier molecular flexibility index (Phi) is 4.33. The van der Waals surface area contributed by atoms with Crippen molar-refractivity contribution in [3.8, 4) is 0 Å². The summed E-state index contributed by atoms with van der Waals surface area (Å²) in [6.45, 7) is 1.31. The first-order chi connectivity index (χ1) is 8.63. The van der Waals surface area contributed by atoms with E-state index < -0.39 is 10.0 Å². The molecule has 1 fully saturated rings. The van der Waals surface area contributed by atoms with Gasteiger partial charge in [-0.3, -0.25) is 5.10 Å². The maximum Gasteiger partial charge on any atom is 0.257 e. The Morgan fingerprint density at radius 2 is 2.44 bits per heavy atom. The number of H-pyrrole nitrogens is 1. The fourth-order valence-electron chi connectivity index (χ4n) is 1.91. The quantitative estimate of drug-likeness (QED) is 0.678. The predicted octanol–water partition coefficient (Wildman–Crippen LogP) is -0.393. The minimum Gasteiger partial charge on any atom is -0.392 e. The maximum atomic E-state index is 12.0. The minimum atomic E-state index is -3.64. The van der Waals surface area contributed by atoms with Gasteiger partial charge in [0.25, 0.3) is 10.0 Å². The summed E-state index contributed by atoms with van der Waals surface area (Å²) in [4.78, 5) is 0. The first-order valence-electron chi connectivity index (χ1n) is 5.84. The van der Waals surface area contributed by atoms with Gasteiger partial charge in [0, 0.05) is 18.7 Å². The van der Waals surface area contributed by atoms with Gasteiger partial charge >= 0.3 is 0 Å². The van der Waals surface area contributed by atoms with E-state index in [1.54, 1.807) is 0 Å². The van der Waals surface area contributed by atoms with Crippen LogP contribution in [-0.4, -0.2) is 43.5 Å². The van der Waals surface area contributed by atoms with Gasteiger partial charge in [-0.15, -0.1) is 0 Å². The molecule has 1 aliphatic rings. The van der Waals surface area contributed by atoms with Gasteiger partial charge in [-0.05, 0) is 18.8 Å². The number of sulfonamides is 1. The van der Waals surface area contributed by atoms with Crippen molar-refractivity contribution in [2.24, 2.45) is 5.92 Å². The van der Waals surface area contributed by atoms with Gasteiger partial charge in [-0.1, -0.05) is 0 Å². The molecule has 102 valence electrons. The number of aliphatic hydroxyl groups excluding tert-OH is 1. The Bertz CT molecular complexity index is 479. The fourth-order valence-corrected chi connectivity index (χ4v) is 3.15. The number of rotatable bonds is 5. The smallest absolute Gasteiger partial charge is 0.257 e. The lowest BCUT2D eigenvalue weighted by Crippen LogP contribution is -2.33. The van der Waals surface area contributed by atoms with Crippen LogP contribution in [0.3, 0.4) is 0 Å². The Morgan fingerprint density at radius 1 is 1.61 bits per heavy atom. The summed E-state index contributed by atoms with van der Waals surface area (Å²) in [5.74, 6) is 0.203. The van der Waals surface area contributed by atoms with Crippen molar-refractivity contribution in [1.29, 1.82) is 0 Å². The number of aliphatic hydroxyl groups is 1. The third-order valence-electron chi connectivity index (χ3n) is 2.93. The highest BCUT2D eigenvalue weighted by Crippen LogP contribution is 2.15. The average Bonchev–Trinajstić information content (AvgIpc) is 2.87.